The van der Waals surface area contributed by atoms with Gasteiger partial charge < -0.3 is 5.32 Å². The number of thiophene rings is 1. The van der Waals surface area contributed by atoms with Crippen molar-refractivity contribution in [2.24, 2.45) is 0 Å². The molecule has 3 aromatic rings. The van der Waals surface area contributed by atoms with Gasteiger partial charge in [-0.25, -0.2) is 9.36 Å². The van der Waals surface area contributed by atoms with E-state index in [0.717, 1.165) is 4.57 Å². The molecule has 2 N–H and O–H groups in total. The third-order valence-corrected chi connectivity index (χ3v) is 4.88. The van der Waals surface area contributed by atoms with Crippen LogP contribution >= 0.6 is 11.3 Å². The molecule has 1 amide bonds. The van der Waals surface area contributed by atoms with E-state index in [1.54, 1.807) is 13.8 Å². The minimum Gasteiger partial charge on any atom is -0.355 e. The third kappa shape index (κ3) is 2.44. The normalized spacial score (nSPS) is 12.5. The molecule has 0 bridgehead atoms. The van der Waals surface area contributed by atoms with Crippen molar-refractivity contribution in [3.63, 3.8) is 0 Å². The minimum absolute atomic E-state index is 0.364. The largest absolute Gasteiger partial charge is 0.355 e. The zero-order valence-electron chi connectivity index (χ0n) is 13.4. The van der Waals surface area contributed by atoms with Crippen molar-refractivity contribution < 1.29 is 4.79 Å². The fourth-order valence-corrected chi connectivity index (χ4v) is 3.62. The number of hydrogen-bond acceptors (Lipinski definition) is 6. The number of aromatic nitrogens is 5. The van der Waals surface area contributed by atoms with E-state index in [4.69, 9.17) is 0 Å². The predicted molar refractivity (Wildman–Crippen MR) is 89.8 cm³/mol. The third-order valence-electron chi connectivity index (χ3n) is 3.71. The Morgan fingerprint density at radius 3 is 2.67 bits per heavy atom. The molecule has 0 saturated heterocycles. The molecule has 126 valence electrons. The maximum Gasteiger partial charge on any atom is 0.330 e. The lowest BCUT2D eigenvalue weighted by Gasteiger charge is -2.13. The second kappa shape index (κ2) is 6.04. The van der Waals surface area contributed by atoms with Crippen LogP contribution in [0.15, 0.2) is 22.0 Å². The highest BCUT2D eigenvalue weighted by Gasteiger charge is 2.23. The van der Waals surface area contributed by atoms with Crippen LogP contribution in [0.1, 0.15) is 25.5 Å². The van der Waals surface area contributed by atoms with E-state index in [9.17, 15) is 14.4 Å². The van der Waals surface area contributed by atoms with Gasteiger partial charge in [0.15, 0.2) is 0 Å². The summed E-state index contributed by atoms with van der Waals surface area (Å²) >= 11 is 1.22. The molecule has 0 aliphatic heterocycles. The topological polar surface area (TPSA) is 115 Å². The van der Waals surface area contributed by atoms with Gasteiger partial charge >= 0.3 is 5.69 Å². The number of likely N-dealkylation sites (N-methyl/N-ethyl adjacent to an activating group) is 1. The zero-order chi connectivity index (χ0) is 17.4. The summed E-state index contributed by atoms with van der Waals surface area (Å²) in [5.74, 6) is -0.383. The van der Waals surface area contributed by atoms with Crippen LogP contribution in [0.2, 0.25) is 0 Å². The average molecular weight is 348 g/mol. The molecular weight excluding hydrogens is 332 g/mol. The number of carbonyl (C=O) groups is 1. The number of nitrogens with one attached hydrogen (secondary N) is 2. The van der Waals surface area contributed by atoms with Crippen molar-refractivity contribution in [1.29, 1.82) is 0 Å². The summed E-state index contributed by atoms with van der Waals surface area (Å²) in [6.45, 7) is 5.47. The van der Waals surface area contributed by atoms with E-state index in [2.05, 4.69) is 20.5 Å². The molecular formula is C14H16N6O3S. The monoisotopic (exact) mass is 348 g/mol. The molecule has 1 atom stereocenters. The SMILES string of the molecule is CCNC(=O)[C@@H](C)n1c(=O)[nH]c2sc(-n3nccn3)c(C)c2c1=O. The van der Waals surface area contributed by atoms with E-state index in [1.807, 2.05) is 0 Å². The molecule has 3 rings (SSSR count). The summed E-state index contributed by atoms with van der Waals surface area (Å²) in [5, 5.41) is 11.7. The predicted octanol–water partition coefficient (Wildman–Crippen LogP) is 0.338. The Kier molecular flexibility index (Phi) is 4.06. The maximum atomic E-state index is 12.8. The molecule has 0 aromatic carbocycles. The molecule has 0 aliphatic rings. The van der Waals surface area contributed by atoms with Gasteiger partial charge in [-0.15, -0.1) is 4.80 Å². The number of H-pyrrole nitrogens is 1. The van der Waals surface area contributed by atoms with Gasteiger partial charge in [0.1, 0.15) is 15.9 Å². The zero-order valence-corrected chi connectivity index (χ0v) is 14.2. The molecule has 9 nitrogen and oxygen atoms in total. The smallest absolute Gasteiger partial charge is 0.330 e. The lowest BCUT2D eigenvalue weighted by Crippen LogP contribution is -2.43. The van der Waals surface area contributed by atoms with Gasteiger partial charge in [-0.1, -0.05) is 11.3 Å². The Balaban J connectivity index is 2.24. The number of hydrogen-bond donors (Lipinski definition) is 2. The summed E-state index contributed by atoms with van der Waals surface area (Å²) < 4.78 is 0.938. The molecule has 10 heteroatoms. The Morgan fingerprint density at radius 1 is 1.38 bits per heavy atom. The lowest BCUT2D eigenvalue weighted by atomic mass is 10.2. The number of fused-ring (bicyclic) bond motifs is 1. The van der Waals surface area contributed by atoms with Crippen LogP contribution in [0.4, 0.5) is 0 Å². The fourth-order valence-electron chi connectivity index (χ4n) is 2.52. The second-order valence-corrected chi connectivity index (χ2v) is 6.23. The maximum absolute atomic E-state index is 12.8. The van der Waals surface area contributed by atoms with Crippen molar-refractivity contribution in [3.8, 4) is 5.00 Å². The Morgan fingerprint density at radius 2 is 2.04 bits per heavy atom. The molecule has 0 saturated carbocycles. The van der Waals surface area contributed by atoms with Crippen molar-refractivity contribution >= 4 is 27.5 Å². The van der Waals surface area contributed by atoms with Crippen molar-refractivity contribution in [1.82, 2.24) is 29.9 Å². The van der Waals surface area contributed by atoms with Gasteiger partial charge in [0, 0.05) is 12.1 Å². The van der Waals surface area contributed by atoms with E-state index >= 15 is 0 Å². The first kappa shape index (κ1) is 16.1. The van der Waals surface area contributed by atoms with E-state index in [0.29, 0.717) is 27.3 Å². The standard InChI is InChI=1S/C14H16N6O3S/c1-4-15-10(21)8(3)19-12(22)9-7(2)13(20-16-5-6-17-20)24-11(9)18-14(19)23/h5-6,8H,4H2,1-3H3,(H,15,21)(H,18,23)/t8-/m1/s1. The van der Waals surface area contributed by atoms with Crippen LogP contribution < -0.4 is 16.6 Å². The number of rotatable bonds is 4. The molecule has 3 heterocycles. The van der Waals surface area contributed by atoms with E-state index in [-0.39, 0.29) is 5.91 Å². The van der Waals surface area contributed by atoms with Gasteiger partial charge in [-0.2, -0.15) is 10.2 Å². The minimum atomic E-state index is -0.906. The Labute approximate surface area is 139 Å². The molecule has 0 unspecified atom stereocenters. The van der Waals surface area contributed by atoms with Crippen LogP contribution in [-0.2, 0) is 4.79 Å². The molecule has 0 fully saturated rings. The summed E-state index contributed by atoms with van der Waals surface area (Å²) in [6, 6.07) is -0.906. The molecule has 0 aliphatic carbocycles. The summed E-state index contributed by atoms with van der Waals surface area (Å²) in [6.07, 6.45) is 3.06. The number of carbonyl (C=O) groups excluding carboxylic acids is 1. The molecule has 24 heavy (non-hydrogen) atoms. The Bertz CT molecular complexity index is 1010. The van der Waals surface area contributed by atoms with Crippen molar-refractivity contribution in [3.05, 3.63) is 38.8 Å². The number of nitrogens with zero attached hydrogens (tertiary/aromatic N) is 4. The first-order chi connectivity index (χ1) is 11.5. The van der Waals surface area contributed by atoms with Crippen LogP contribution in [0.25, 0.3) is 15.2 Å². The highest BCUT2D eigenvalue weighted by Crippen LogP contribution is 2.28. The van der Waals surface area contributed by atoms with Crippen LogP contribution in [0, 0.1) is 6.92 Å². The number of aryl methyl sites for hydroxylation is 1. The first-order valence-corrected chi connectivity index (χ1v) is 8.19. The van der Waals surface area contributed by atoms with E-state index in [1.165, 1.54) is 35.5 Å². The summed E-state index contributed by atoms with van der Waals surface area (Å²) in [5.41, 5.74) is -0.462. The highest BCUT2D eigenvalue weighted by atomic mass is 32.1. The van der Waals surface area contributed by atoms with E-state index < -0.39 is 17.3 Å². The first-order valence-electron chi connectivity index (χ1n) is 7.38. The summed E-state index contributed by atoms with van der Waals surface area (Å²) in [4.78, 5) is 41.7. The molecule has 3 aromatic heterocycles. The molecule has 0 radical (unpaired) electrons. The summed E-state index contributed by atoms with van der Waals surface area (Å²) in [7, 11) is 0. The highest BCUT2D eigenvalue weighted by molar-refractivity contribution is 7.21. The van der Waals surface area contributed by atoms with Crippen molar-refractivity contribution in [2.45, 2.75) is 26.8 Å². The van der Waals surface area contributed by atoms with Gasteiger partial charge in [0.25, 0.3) is 5.56 Å². The average Bonchev–Trinajstić information content (AvgIpc) is 3.15. The lowest BCUT2D eigenvalue weighted by molar-refractivity contribution is -0.123. The number of amides is 1. The van der Waals surface area contributed by atoms with Gasteiger partial charge in [0.05, 0.1) is 17.8 Å². The number of aromatic amines is 1. The van der Waals surface area contributed by atoms with Gasteiger partial charge in [-0.05, 0) is 20.8 Å². The van der Waals surface area contributed by atoms with Gasteiger partial charge in [0.2, 0.25) is 5.91 Å². The van der Waals surface area contributed by atoms with Crippen LogP contribution in [0.5, 0.6) is 0 Å². The van der Waals surface area contributed by atoms with Crippen molar-refractivity contribution in [2.75, 3.05) is 6.54 Å². The molecule has 0 spiro atoms. The Hall–Kier alpha value is -2.75. The fraction of sp³-hybridized carbons (Fsp3) is 0.357. The van der Waals surface area contributed by atoms with Gasteiger partial charge in [-0.3, -0.25) is 14.6 Å². The quantitative estimate of drug-likeness (QED) is 0.705. The van der Waals surface area contributed by atoms with Crippen LogP contribution in [-0.4, -0.2) is 37.0 Å². The second-order valence-electron chi connectivity index (χ2n) is 5.23. The van der Waals surface area contributed by atoms with Crippen LogP contribution in [0.3, 0.4) is 0 Å².